The molecule has 1 amide bonds. The Hall–Kier alpha value is -1.66. The van der Waals surface area contributed by atoms with Crippen molar-refractivity contribution in [1.82, 2.24) is 9.80 Å². The smallest absolute Gasteiger partial charge is 0.287 e. The number of hydrogen-bond acceptors (Lipinski definition) is 4. The van der Waals surface area contributed by atoms with Gasteiger partial charge in [-0.05, 0) is 38.1 Å². The van der Waals surface area contributed by atoms with Gasteiger partial charge in [0, 0.05) is 31.8 Å². The molecule has 0 radical (unpaired) electrons. The second kappa shape index (κ2) is 6.41. The van der Waals surface area contributed by atoms with E-state index in [0.717, 1.165) is 19.5 Å². The lowest BCUT2D eigenvalue weighted by Crippen LogP contribution is -2.32. The summed E-state index contributed by atoms with van der Waals surface area (Å²) in [4.78, 5) is 26.4. The van der Waals surface area contributed by atoms with Gasteiger partial charge in [-0.3, -0.25) is 14.9 Å². The molecule has 0 bridgehead atoms. The van der Waals surface area contributed by atoms with Crippen molar-refractivity contribution in [3.05, 3.63) is 38.9 Å². The van der Waals surface area contributed by atoms with Crippen LogP contribution in [-0.2, 0) is 0 Å². The Labute approximate surface area is 128 Å². The number of benzene rings is 1. The SMILES string of the molecule is CN1CCC(CN(C)C(=O)c2ccc([N+](=O)[O-])c(Cl)c2)C1. The summed E-state index contributed by atoms with van der Waals surface area (Å²) >= 11 is 5.84. The average molecular weight is 312 g/mol. The number of nitrogens with zero attached hydrogens (tertiary/aromatic N) is 3. The highest BCUT2D eigenvalue weighted by atomic mass is 35.5. The van der Waals surface area contributed by atoms with Gasteiger partial charge in [0.1, 0.15) is 5.02 Å². The lowest BCUT2D eigenvalue weighted by atomic mass is 10.1. The zero-order valence-corrected chi connectivity index (χ0v) is 12.8. The van der Waals surface area contributed by atoms with Crippen LogP contribution >= 0.6 is 11.6 Å². The number of nitro benzene ring substituents is 1. The van der Waals surface area contributed by atoms with E-state index in [1.807, 2.05) is 0 Å². The van der Waals surface area contributed by atoms with Gasteiger partial charge in [0.05, 0.1) is 4.92 Å². The molecule has 6 nitrogen and oxygen atoms in total. The second-order valence-electron chi connectivity index (χ2n) is 5.53. The van der Waals surface area contributed by atoms with E-state index in [2.05, 4.69) is 11.9 Å². The van der Waals surface area contributed by atoms with Gasteiger partial charge in [0.2, 0.25) is 0 Å². The predicted octanol–water partition coefficient (Wildman–Crippen LogP) is 2.27. The fourth-order valence-corrected chi connectivity index (χ4v) is 2.90. The van der Waals surface area contributed by atoms with Crippen molar-refractivity contribution in [1.29, 1.82) is 0 Å². The third kappa shape index (κ3) is 3.71. The standard InChI is InChI=1S/C14H18ClN3O3/c1-16-6-5-10(8-16)9-17(2)14(19)11-3-4-13(18(20)21)12(15)7-11/h3-4,7,10H,5-6,8-9H2,1-2H3. The van der Waals surface area contributed by atoms with Crippen LogP contribution in [0.1, 0.15) is 16.8 Å². The van der Waals surface area contributed by atoms with Crippen LogP contribution in [0.3, 0.4) is 0 Å². The average Bonchev–Trinajstić information content (AvgIpc) is 2.82. The van der Waals surface area contributed by atoms with Crippen LogP contribution in [0.4, 0.5) is 5.69 Å². The number of nitro groups is 1. The lowest BCUT2D eigenvalue weighted by molar-refractivity contribution is -0.384. The van der Waals surface area contributed by atoms with Crippen molar-refractivity contribution in [2.24, 2.45) is 5.92 Å². The van der Waals surface area contributed by atoms with Gasteiger partial charge in [0.15, 0.2) is 0 Å². The molecule has 1 aliphatic heterocycles. The summed E-state index contributed by atoms with van der Waals surface area (Å²) in [5.74, 6) is 0.304. The third-order valence-corrected chi connectivity index (χ3v) is 4.06. The fraction of sp³-hybridized carbons (Fsp3) is 0.500. The number of hydrogen-bond donors (Lipinski definition) is 0. The summed E-state index contributed by atoms with van der Waals surface area (Å²) in [5.41, 5.74) is 0.188. The van der Waals surface area contributed by atoms with E-state index < -0.39 is 4.92 Å². The maximum Gasteiger partial charge on any atom is 0.287 e. The van der Waals surface area contributed by atoms with Crippen LogP contribution in [0.2, 0.25) is 5.02 Å². The Morgan fingerprint density at radius 2 is 2.29 bits per heavy atom. The summed E-state index contributed by atoms with van der Waals surface area (Å²) in [6, 6.07) is 4.08. The number of rotatable bonds is 4. The molecule has 1 aromatic rings. The van der Waals surface area contributed by atoms with Crippen molar-refractivity contribution in [2.45, 2.75) is 6.42 Å². The van der Waals surface area contributed by atoms with Crippen LogP contribution < -0.4 is 0 Å². The van der Waals surface area contributed by atoms with Gasteiger partial charge in [-0.15, -0.1) is 0 Å². The van der Waals surface area contributed by atoms with Crippen molar-refractivity contribution >= 4 is 23.2 Å². The molecule has 1 aliphatic rings. The molecule has 0 saturated carbocycles. The van der Waals surface area contributed by atoms with E-state index in [1.54, 1.807) is 11.9 Å². The minimum atomic E-state index is -0.561. The monoisotopic (exact) mass is 311 g/mol. The number of halogens is 1. The zero-order valence-electron chi connectivity index (χ0n) is 12.1. The largest absolute Gasteiger partial charge is 0.341 e. The van der Waals surface area contributed by atoms with E-state index >= 15 is 0 Å². The van der Waals surface area contributed by atoms with E-state index in [1.165, 1.54) is 18.2 Å². The van der Waals surface area contributed by atoms with Gasteiger partial charge < -0.3 is 9.80 Å². The molecule has 0 N–H and O–H groups in total. The first-order valence-corrected chi connectivity index (χ1v) is 7.14. The summed E-state index contributed by atoms with van der Waals surface area (Å²) in [5, 5.41) is 10.7. The van der Waals surface area contributed by atoms with E-state index in [4.69, 9.17) is 11.6 Å². The number of amides is 1. The van der Waals surface area contributed by atoms with Crippen LogP contribution in [0.5, 0.6) is 0 Å². The Bertz CT molecular complexity index is 564. The summed E-state index contributed by atoms with van der Waals surface area (Å²) in [6.45, 7) is 2.71. The lowest BCUT2D eigenvalue weighted by Gasteiger charge is -2.21. The highest BCUT2D eigenvalue weighted by molar-refractivity contribution is 6.33. The maximum atomic E-state index is 12.3. The Balaban J connectivity index is 2.05. The normalized spacial score (nSPS) is 18.7. The molecule has 0 aromatic heterocycles. The zero-order chi connectivity index (χ0) is 15.6. The van der Waals surface area contributed by atoms with Gasteiger partial charge in [-0.1, -0.05) is 11.6 Å². The van der Waals surface area contributed by atoms with E-state index in [0.29, 0.717) is 18.0 Å². The first-order chi connectivity index (χ1) is 9.88. The molecule has 1 aromatic carbocycles. The number of carbonyl (C=O) groups excluding carboxylic acids is 1. The highest BCUT2D eigenvalue weighted by Gasteiger charge is 2.24. The maximum absolute atomic E-state index is 12.3. The Morgan fingerprint density at radius 3 is 2.81 bits per heavy atom. The van der Waals surface area contributed by atoms with Crippen LogP contribution in [0, 0.1) is 16.0 Å². The highest BCUT2D eigenvalue weighted by Crippen LogP contribution is 2.25. The van der Waals surface area contributed by atoms with Gasteiger partial charge in [-0.2, -0.15) is 0 Å². The first-order valence-electron chi connectivity index (χ1n) is 6.76. The minimum Gasteiger partial charge on any atom is -0.341 e. The molecular weight excluding hydrogens is 294 g/mol. The predicted molar refractivity (Wildman–Crippen MR) is 80.7 cm³/mol. The summed E-state index contributed by atoms with van der Waals surface area (Å²) in [7, 11) is 3.81. The summed E-state index contributed by atoms with van der Waals surface area (Å²) in [6.07, 6.45) is 1.08. The van der Waals surface area contributed by atoms with Crippen LogP contribution in [0.15, 0.2) is 18.2 Å². The molecule has 114 valence electrons. The number of likely N-dealkylation sites (tertiary alicyclic amines) is 1. The second-order valence-corrected chi connectivity index (χ2v) is 5.93. The topological polar surface area (TPSA) is 66.7 Å². The Morgan fingerprint density at radius 1 is 1.57 bits per heavy atom. The molecule has 0 spiro atoms. The van der Waals surface area contributed by atoms with Crippen LogP contribution in [0.25, 0.3) is 0 Å². The van der Waals surface area contributed by atoms with Crippen molar-refractivity contribution in [3.63, 3.8) is 0 Å². The van der Waals surface area contributed by atoms with Gasteiger partial charge in [0.25, 0.3) is 11.6 Å². The van der Waals surface area contributed by atoms with E-state index in [-0.39, 0.29) is 16.6 Å². The molecule has 1 saturated heterocycles. The van der Waals surface area contributed by atoms with Crippen LogP contribution in [-0.4, -0.2) is 54.4 Å². The molecule has 1 heterocycles. The van der Waals surface area contributed by atoms with Crippen molar-refractivity contribution < 1.29 is 9.72 Å². The number of carbonyl (C=O) groups is 1. The molecule has 0 aliphatic carbocycles. The quantitative estimate of drug-likeness (QED) is 0.632. The molecule has 2 rings (SSSR count). The molecule has 7 heteroatoms. The molecule has 1 fully saturated rings. The van der Waals surface area contributed by atoms with E-state index in [9.17, 15) is 14.9 Å². The molecule has 1 unspecified atom stereocenters. The molecule has 1 atom stereocenters. The molecular formula is C14H18ClN3O3. The molecule has 21 heavy (non-hydrogen) atoms. The minimum absolute atomic E-state index is 0.0140. The fourth-order valence-electron chi connectivity index (χ4n) is 2.65. The summed E-state index contributed by atoms with van der Waals surface area (Å²) < 4.78 is 0. The van der Waals surface area contributed by atoms with Gasteiger partial charge >= 0.3 is 0 Å². The van der Waals surface area contributed by atoms with Crippen molar-refractivity contribution in [3.8, 4) is 0 Å². The third-order valence-electron chi connectivity index (χ3n) is 3.76. The first kappa shape index (κ1) is 15.7. The van der Waals surface area contributed by atoms with Gasteiger partial charge in [-0.25, -0.2) is 0 Å². The Kier molecular flexibility index (Phi) is 4.80. The van der Waals surface area contributed by atoms with Crippen molar-refractivity contribution in [2.75, 3.05) is 33.7 Å².